The van der Waals surface area contributed by atoms with Gasteiger partial charge in [0.15, 0.2) is 5.76 Å². The van der Waals surface area contributed by atoms with E-state index in [1.54, 1.807) is 13.8 Å². The molecule has 0 aromatic carbocycles. The van der Waals surface area contributed by atoms with Crippen LogP contribution in [0.3, 0.4) is 0 Å². The van der Waals surface area contributed by atoms with Crippen LogP contribution in [0.15, 0.2) is 23.4 Å². The number of Topliss-reactive ketones (excluding diaryl/α,β-unsaturated/α-hetero) is 1. The minimum atomic E-state index is -0.431. The van der Waals surface area contributed by atoms with Crippen LogP contribution in [-0.4, -0.2) is 10.9 Å². The first-order chi connectivity index (χ1) is 4.66. The Bertz CT molecular complexity index is 235. The third-order valence-corrected chi connectivity index (χ3v) is 1.30. The van der Waals surface area contributed by atoms with Gasteiger partial charge >= 0.3 is 0 Å². The Morgan fingerprint density at radius 2 is 2.20 bits per heavy atom. The molecule has 0 aromatic rings. The summed E-state index contributed by atoms with van der Waals surface area (Å²) in [5.41, 5.74) is 0. The van der Waals surface area contributed by atoms with Crippen LogP contribution >= 0.6 is 0 Å². The van der Waals surface area contributed by atoms with Crippen molar-refractivity contribution in [1.29, 1.82) is 0 Å². The number of hydrogen-bond donors (Lipinski definition) is 1. The van der Waals surface area contributed by atoms with Crippen molar-refractivity contribution in [3.05, 3.63) is 23.4 Å². The zero-order chi connectivity index (χ0) is 7.72. The number of aliphatic hydroxyl groups excluding tert-OH is 1. The second kappa shape index (κ2) is 2.17. The molecule has 0 fully saturated rings. The maximum atomic E-state index is 10.8. The van der Waals surface area contributed by atoms with E-state index in [9.17, 15) is 4.79 Å². The summed E-state index contributed by atoms with van der Waals surface area (Å²) < 4.78 is 4.88. The van der Waals surface area contributed by atoms with Crippen LogP contribution in [0.1, 0.15) is 13.8 Å². The Morgan fingerprint density at radius 1 is 1.60 bits per heavy atom. The molecule has 10 heavy (non-hydrogen) atoms. The Labute approximate surface area is 58.6 Å². The second-order valence-electron chi connectivity index (χ2n) is 1.99. The molecule has 54 valence electrons. The second-order valence-corrected chi connectivity index (χ2v) is 1.99. The van der Waals surface area contributed by atoms with Crippen molar-refractivity contribution in [3.63, 3.8) is 0 Å². The quantitative estimate of drug-likeness (QED) is 0.515. The van der Waals surface area contributed by atoms with Gasteiger partial charge < -0.3 is 9.84 Å². The van der Waals surface area contributed by atoms with Crippen molar-refractivity contribution < 1.29 is 14.6 Å². The van der Waals surface area contributed by atoms with Gasteiger partial charge in [0.2, 0.25) is 5.76 Å². The first-order valence-corrected chi connectivity index (χ1v) is 2.95. The summed E-state index contributed by atoms with van der Waals surface area (Å²) in [6, 6.07) is 0. The summed E-state index contributed by atoms with van der Waals surface area (Å²) >= 11 is 0. The summed E-state index contributed by atoms with van der Waals surface area (Å²) in [5.74, 6) is -0.235. The topological polar surface area (TPSA) is 46.5 Å². The van der Waals surface area contributed by atoms with E-state index < -0.39 is 5.78 Å². The Kier molecular flexibility index (Phi) is 1.49. The molecule has 0 aliphatic carbocycles. The highest BCUT2D eigenvalue weighted by atomic mass is 16.5. The van der Waals surface area contributed by atoms with E-state index in [4.69, 9.17) is 9.84 Å². The molecule has 1 heterocycles. The van der Waals surface area contributed by atoms with Crippen LogP contribution in [0.25, 0.3) is 0 Å². The smallest absolute Gasteiger partial charge is 0.265 e. The number of rotatable bonds is 0. The maximum Gasteiger partial charge on any atom is 0.265 e. The molecule has 0 atom stereocenters. The van der Waals surface area contributed by atoms with Gasteiger partial charge in [0, 0.05) is 0 Å². The molecule has 0 unspecified atom stereocenters. The van der Waals surface area contributed by atoms with E-state index in [0.717, 1.165) is 0 Å². The van der Waals surface area contributed by atoms with Gasteiger partial charge in [-0.25, -0.2) is 0 Å². The van der Waals surface area contributed by atoms with E-state index in [1.807, 2.05) is 0 Å². The normalized spacial score (nSPS) is 22.2. The van der Waals surface area contributed by atoms with Crippen LogP contribution in [-0.2, 0) is 9.53 Å². The van der Waals surface area contributed by atoms with E-state index >= 15 is 0 Å². The van der Waals surface area contributed by atoms with Crippen LogP contribution in [0, 0.1) is 0 Å². The minimum absolute atomic E-state index is 0.204. The van der Waals surface area contributed by atoms with Crippen molar-refractivity contribution in [3.8, 4) is 0 Å². The molecule has 1 aliphatic heterocycles. The van der Waals surface area contributed by atoms with E-state index in [1.165, 1.54) is 6.08 Å². The Hall–Kier alpha value is -1.25. The first kappa shape index (κ1) is 6.86. The number of allylic oxidation sites excluding steroid dienone is 2. The number of hydrogen-bond acceptors (Lipinski definition) is 3. The Balaban J connectivity index is 2.98. The minimum Gasteiger partial charge on any atom is -0.502 e. The third-order valence-electron chi connectivity index (χ3n) is 1.30. The van der Waals surface area contributed by atoms with E-state index in [-0.39, 0.29) is 17.3 Å². The van der Waals surface area contributed by atoms with Gasteiger partial charge in [-0.15, -0.1) is 0 Å². The highest BCUT2D eigenvalue weighted by Gasteiger charge is 2.26. The molecule has 0 amide bonds. The molecule has 0 spiro atoms. The number of aliphatic hydroxyl groups is 1. The zero-order valence-corrected chi connectivity index (χ0v) is 5.84. The summed E-state index contributed by atoms with van der Waals surface area (Å²) in [4.78, 5) is 10.8. The molecular formula is C7H8O3. The fourth-order valence-corrected chi connectivity index (χ4v) is 0.726. The molecule has 1 aliphatic rings. The lowest BCUT2D eigenvalue weighted by molar-refractivity contribution is -0.115. The highest BCUT2D eigenvalue weighted by molar-refractivity contribution is 6.07. The molecule has 0 bridgehead atoms. The third kappa shape index (κ3) is 0.795. The molecule has 3 heteroatoms. The average molecular weight is 140 g/mol. The van der Waals surface area contributed by atoms with Gasteiger partial charge in [0.05, 0.1) is 0 Å². The number of carbonyl (C=O) groups is 1. The van der Waals surface area contributed by atoms with Crippen molar-refractivity contribution in [2.24, 2.45) is 0 Å². The van der Waals surface area contributed by atoms with E-state index in [0.29, 0.717) is 0 Å². The van der Waals surface area contributed by atoms with Gasteiger partial charge in [-0.2, -0.15) is 0 Å². The molecule has 0 aromatic heterocycles. The predicted octanol–water partition coefficient (Wildman–Crippen LogP) is 1.28. The standard InChI is InChI=1S/C7H8O3/c1-3-5-7(9)6(8)4(2)10-5/h3,8H,1-2H3. The number of ketones is 1. The monoisotopic (exact) mass is 140 g/mol. The largest absolute Gasteiger partial charge is 0.502 e. The Morgan fingerprint density at radius 3 is 2.40 bits per heavy atom. The zero-order valence-electron chi connectivity index (χ0n) is 5.84. The van der Waals surface area contributed by atoms with Gasteiger partial charge in [-0.05, 0) is 19.9 Å². The molecule has 0 saturated carbocycles. The van der Waals surface area contributed by atoms with Gasteiger partial charge in [0.25, 0.3) is 5.78 Å². The average Bonchev–Trinajstić information content (AvgIpc) is 2.17. The summed E-state index contributed by atoms with van der Waals surface area (Å²) in [7, 11) is 0. The molecule has 1 N–H and O–H groups in total. The van der Waals surface area contributed by atoms with Crippen molar-refractivity contribution in [1.82, 2.24) is 0 Å². The maximum absolute atomic E-state index is 10.8. The predicted molar refractivity (Wildman–Crippen MR) is 35.2 cm³/mol. The lowest BCUT2D eigenvalue weighted by atomic mass is 10.3. The van der Waals surface area contributed by atoms with E-state index in [2.05, 4.69) is 0 Å². The molecule has 3 nitrogen and oxygen atoms in total. The first-order valence-electron chi connectivity index (χ1n) is 2.95. The van der Waals surface area contributed by atoms with Crippen LogP contribution in [0.2, 0.25) is 0 Å². The van der Waals surface area contributed by atoms with Crippen LogP contribution < -0.4 is 0 Å². The summed E-state index contributed by atoms with van der Waals surface area (Å²) in [6.45, 7) is 3.23. The summed E-state index contributed by atoms with van der Waals surface area (Å²) in [6.07, 6.45) is 1.52. The number of carbonyl (C=O) groups excluding carboxylic acids is 1. The van der Waals surface area contributed by atoms with Crippen molar-refractivity contribution >= 4 is 5.78 Å². The molecule has 1 rings (SSSR count). The lowest BCUT2D eigenvalue weighted by Gasteiger charge is -1.93. The molecular weight excluding hydrogens is 132 g/mol. The molecule has 0 radical (unpaired) electrons. The SMILES string of the molecule is CC=C1OC(C)=C(O)C1=O. The van der Waals surface area contributed by atoms with Crippen LogP contribution in [0.5, 0.6) is 0 Å². The van der Waals surface area contributed by atoms with Gasteiger partial charge in [-0.1, -0.05) is 0 Å². The van der Waals surface area contributed by atoms with Crippen LogP contribution in [0.4, 0.5) is 0 Å². The van der Waals surface area contributed by atoms with Gasteiger partial charge in [0.1, 0.15) is 5.76 Å². The van der Waals surface area contributed by atoms with Crippen molar-refractivity contribution in [2.45, 2.75) is 13.8 Å². The summed E-state index contributed by atoms with van der Waals surface area (Å²) in [5, 5.41) is 8.93. The van der Waals surface area contributed by atoms with Gasteiger partial charge in [-0.3, -0.25) is 4.79 Å². The lowest BCUT2D eigenvalue weighted by Crippen LogP contribution is -1.97. The number of ether oxygens (including phenoxy) is 1. The highest BCUT2D eigenvalue weighted by Crippen LogP contribution is 2.21. The fraction of sp³-hybridized carbons (Fsp3) is 0.286. The fourth-order valence-electron chi connectivity index (χ4n) is 0.726. The molecule has 0 saturated heterocycles. The van der Waals surface area contributed by atoms with Crippen molar-refractivity contribution in [2.75, 3.05) is 0 Å².